The number of aryl methyl sites for hydroxylation is 2. The number of nitrogens with one attached hydrogen (secondary N) is 1. The van der Waals surface area contributed by atoms with Crippen molar-refractivity contribution in [2.24, 2.45) is 0 Å². The lowest BCUT2D eigenvalue weighted by Crippen LogP contribution is -2.07. The minimum absolute atomic E-state index is 0.0838. The van der Waals surface area contributed by atoms with E-state index in [1.54, 1.807) is 23.5 Å². The Morgan fingerprint density at radius 3 is 2.80 bits per heavy atom. The van der Waals surface area contributed by atoms with Crippen LogP contribution < -0.4 is 5.32 Å². The minimum Gasteiger partial charge on any atom is -0.376 e. The van der Waals surface area contributed by atoms with Crippen LogP contribution in [0.25, 0.3) is 0 Å². The van der Waals surface area contributed by atoms with Gasteiger partial charge < -0.3 is 5.32 Å². The zero-order valence-electron chi connectivity index (χ0n) is 11.7. The molecule has 6 heteroatoms. The van der Waals surface area contributed by atoms with Crippen LogP contribution in [0.1, 0.15) is 35.3 Å². The van der Waals surface area contributed by atoms with E-state index in [4.69, 9.17) is 0 Å². The molecule has 1 heterocycles. The van der Waals surface area contributed by atoms with Crippen LogP contribution in [0.5, 0.6) is 0 Å². The van der Waals surface area contributed by atoms with Crippen LogP contribution in [0.2, 0.25) is 0 Å². The second kappa shape index (κ2) is 6.00. The third-order valence-corrected chi connectivity index (χ3v) is 4.41. The number of nitro groups is 1. The van der Waals surface area contributed by atoms with Gasteiger partial charge in [-0.25, -0.2) is 4.98 Å². The van der Waals surface area contributed by atoms with Gasteiger partial charge in [0.1, 0.15) is 5.01 Å². The SMILES string of the molecule is CCc1cnc(C(C)Nc2ccc([N+](=O)[O-])cc2C)s1. The van der Waals surface area contributed by atoms with E-state index in [1.807, 2.05) is 20.0 Å². The lowest BCUT2D eigenvalue weighted by atomic mass is 10.1. The number of thiazole rings is 1. The van der Waals surface area contributed by atoms with E-state index in [0.717, 1.165) is 22.7 Å². The molecular weight excluding hydrogens is 274 g/mol. The highest BCUT2D eigenvalue weighted by molar-refractivity contribution is 7.11. The van der Waals surface area contributed by atoms with Crippen molar-refractivity contribution in [2.75, 3.05) is 5.32 Å². The van der Waals surface area contributed by atoms with Gasteiger partial charge in [0.05, 0.1) is 11.0 Å². The fraction of sp³-hybridized carbons (Fsp3) is 0.357. The van der Waals surface area contributed by atoms with Crippen LogP contribution in [0.15, 0.2) is 24.4 Å². The van der Waals surface area contributed by atoms with Gasteiger partial charge in [-0.15, -0.1) is 11.3 Å². The summed E-state index contributed by atoms with van der Waals surface area (Å²) >= 11 is 1.69. The highest BCUT2D eigenvalue weighted by Crippen LogP contribution is 2.27. The number of non-ortho nitro benzene ring substituents is 1. The van der Waals surface area contributed by atoms with Gasteiger partial charge in [-0.3, -0.25) is 10.1 Å². The Labute approximate surface area is 121 Å². The van der Waals surface area contributed by atoms with E-state index in [9.17, 15) is 10.1 Å². The minimum atomic E-state index is -0.380. The Morgan fingerprint density at radius 1 is 1.50 bits per heavy atom. The number of anilines is 1. The second-order valence-electron chi connectivity index (χ2n) is 4.64. The first kappa shape index (κ1) is 14.5. The number of benzene rings is 1. The topological polar surface area (TPSA) is 68.1 Å². The molecule has 2 rings (SSSR count). The summed E-state index contributed by atoms with van der Waals surface area (Å²) in [5.41, 5.74) is 1.87. The van der Waals surface area contributed by atoms with Gasteiger partial charge in [0, 0.05) is 28.9 Å². The first-order valence-electron chi connectivity index (χ1n) is 6.47. The molecule has 1 aromatic carbocycles. The van der Waals surface area contributed by atoms with Crippen LogP contribution in [-0.2, 0) is 6.42 Å². The van der Waals surface area contributed by atoms with Crippen molar-refractivity contribution in [3.8, 4) is 0 Å². The highest BCUT2D eigenvalue weighted by Gasteiger charge is 2.13. The first-order valence-corrected chi connectivity index (χ1v) is 7.29. The first-order chi connectivity index (χ1) is 9.51. The molecule has 2 aromatic rings. The van der Waals surface area contributed by atoms with Gasteiger partial charge in [-0.1, -0.05) is 6.92 Å². The number of nitrogens with zero attached hydrogens (tertiary/aromatic N) is 2. The molecule has 1 atom stereocenters. The van der Waals surface area contributed by atoms with Crippen molar-refractivity contribution in [3.05, 3.63) is 50.0 Å². The molecule has 0 spiro atoms. The molecule has 0 radical (unpaired) electrons. The summed E-state index contributed by atoms with van der Waals surface area (Å²) in [5, 5.41) is 15.1. The Hall–Kier alpha value is -1.95. The highest BCUT2D eigenvalue weighted by atomic mass is 32.1. The number of aromatic nitrogens is 1. The summed E-state index contributed by atoms with van der Waals surface area (Å²) in [6.45, 7) is 6.01. The summed E-state index contributed by atoms with van der Waals surface area (Å²) in [5.74, 6) is 0. The zero-order valence-corrected chi connectivity index (χ0v) is 12.5. The van der Waals surface area contributed by atoms with Crippen molar-refractivity contribution in [1.29, 1.82) is 0 Å². The van der Waals surface area contributed by atoms with E-state index >= 15 is 0 Å². The number of hydrogen-bond acceptors (Lipinski definition) is 5. The van der Waals surface area contributed by atoms with Crippen LogP contribution in [-0.4, -0.2) is 9.91 Å². The molecule has 1 aromatic heterocycles. The summed E-state index contributed by atoms with van der Waals surface area (Å²) in [7, 11) is 0. The monoisotopic (exact) mass is 291 g/mol. The van der Waals surface area contributed by atoms with Gasteiger partial charge in [-0.05, 0) is 31.9 Å². The predicted molar refractivity (Wildman–Crippen MR) is 81.4 cm³/mol. The second-order valence-corrected chi connectivity index (χ2v) is 5.79. The molecule has 1 N–H and O–H groups in total. The molecule has 106 valence electrons. The van der Waals surface area contributed by atoms with Gasteiger partial charge in [0.25, 0.3) is 5.69 Å². The molecule has 0 saturated carbocycles. The normalized spacial score (nSPS) is 12.2. The van der Waals surface area contributed by atoms with Gasteiger partial charge in [0.15, 0.2) is 0 Å². The Balaban J connectivity index is 2.15. The molecule has 0 fully saturated rings. The molecule has 0 aliphatic rings. The molecule has 0 bridgehead atoms. The van der Waals surface area contributed by atoms with Crippen molar-refractivity contribution in [1.82, 2.24) is 4.98 Å². The molecular formula is C14H17N3O2S. The lowest BCUT2D eigenvalue weighted by Gasteiger charge is -2.14. The van der Waals surface area contributed by atoms with Crippen LogP contribution in [0.3, 0.4) is 0 Å². The van der Waals surface area contributed by atoms with Crippen molar-refractivity contribution in [2.45, 2.75) is 33.2 Å². The van der Waals surface area contributed by atoms with E-state index in [-0.39, 0.29) is 16.7 Å². The van der Waals surface area contributed by atoms with E-state index in [0.29, 0.717) is 0 Å². The maximum atomic E-state index is 10.7. The number of hydrogen-bond donors (Lipinski definition) is 1. The molecule has 1 unspecified atom stereocenters. The smallest absolute Gasteiger partial charge is 0.269 e. The fourth-order valence-electron chi connectivity index (χ4n) is 1.90. The third kappa shape index (κ3) is 3.14. The van der Waals surface area contributed by atoms with E-state index in [1.165, 1.54) is 10.9 Å². The average molecular weight is 291 g/mol. The molecule has 5 nitrogen and oxygen atoms in total. The zero-order chi connectivity index (χ0) is 14.7. The van der Waals surface area contributed by atoms with E-state index < -0.39 is 0 Å². The average Bonchev–Trinajstić information content (AvgIpc) is 2.89. The molecule has 0 amide bonds. The van der Waals surface area contributed by atoms with Crippen LogP contribution >= 0.6 is 11.3 Å². The summed E-state index contributed by atoms with van der Waals surface area (Å²) in [6, 6.07) is 4.93. The quantitative estimate of drug-likeness (QED) is 0.665. The van der Waals surface area contributed by atoms with Gasteiger partial charge >= 0.3 is 0 Å². The predicted octanol–water partition coefficient (Wildman–Crippen LogP) is 4.10. The van der Waals surface area contributed by atoms with Crippen LogP contribution in [0.4, 0.5) is 11.4 Å². The Bertz CT molecular complexity index is 625. The van der Waals surface area contributed by atoms with Gasteiger partial charge in [0.2, 0.25) is 0 Å². The maximum Gasteiger partial charge on any atom is 0.269 e. The molecule has 0 aliphatic carbocycles. The Morgan fingerprint density at radius 2 is 2.25 bits per heavy atom. The fourth-order valence-corrected chi connectivity index (χ4v) is 2.76. The summed E-state index contributed by atoms with van der Waals surface area (Å²) in [4.78, 5) is 16.0. The third-order valence-electron chi connectivity index (χ3n) is 3.08. The van der Waals surface area contributed by atoms with Crippen molar-refractivity contribution < 1.29 is 4.92 Å². The summed E-state index contributed by atoms with van der Waals surface area (Å²) < 4.78 is 0. The summed E-state index contributed by atoms with van der Waals surface area (Å²) in [6.07, 6.45) is 2.89. The van der Waals surface area contributed by atoms with Crippen LogP contribution in [0, 0.1) is 17.0 Å². The van der Waals surface area contributed by atoms with Crippen molar-refractivity contribution in [3.63, 3.8) is 0 Å². The maximum absolute atomic E-state index is 10.7. The van der Waals surface area contributed by atoms with E-state index in [2.05, 4.69) is 17.2 Å². The molecule has 0 aliphatic heterocycles. The Kier molecular flexibility index (Phi) is 4.34. The lowest BCUT2D eigenvalue weighted by molar-refractivity contribution is -0.384. The number of rotatable bonds is 5. The largest absolute Gasteiger partial charge is 0.376 e. The number of nitro benzene ring substituents is 1. The molecule has 20 heavy (non-hydrogen) atoms. The standard InChI is InChI=1S/C14H17N3O2S/c1-4-12-8-15-14(20-12)10(3)16-13-6-5-11(17(18)19)7-9(13)2/h5-8,10,16H,4H2,1-3H3. The van der Waals surface area contributed by atoms with Gasteiger partial charge in [-0.2, -0.15) is 0 Å². The van der Waals surface area contributed by atoms with Crippen molar-refractivity contribution >= 4 is 22.7 Å². The molecule has 0 saturated heterocycles.